The Bertz CT molecular complexity index is 323. The van der Waals surface area contributed by atoms with Gasteiger partial charge < -0.3 is 0 Å². The molecule has 0 fully saturated rings. The van der Waals surface area contributed by atoms with Crippen molar-refractivity contribution in [3.63, 3.8) is 0 Å². The highest BCUT2D eigenvalue weighted by molar-refractivity contribution is 5.40. The second-order valence-corrected chi connectivity index (χ2v) is 2.50. The Morgan fingerprint density at radius 3 is 2.27 bits per heavy atom. The summed E-state index contributed by atoms with van der Waals surface area (Å²) in [5.74, 6) is -0.396. The topological polar surface area (TPSA) is 23.8 Å². The smallest absolute Gasteiger partial charge is 0.144 e. The predicted molar refractivity (Wildman–Crippen MR) is 40.6 cm³/mol. The Labute approximate surface area is 65.1 Å². The van der Waals surface area contributed by atoms with Gasteiger partial charge in [0.05, 0.1) is 5.56 Å². The molecule has 0 unspecified atom stereocenters. The fourth-order valence-corrected chi connectivity index (χ4v) is 0.914. The predicted octanol–water partition coefficient (Wildman–Crippen LogP) is 2.31. The van der Waals surface area contributed by atoms with Crippen LogP contribution in [0.2, 0.25) is 0 Å². The van der Waals surface area contributed by atoms with E-state index in [1.54, 1.807) is 26.0 Å². The van der Waals surface area contributed by atoms with E-state index in [0.717, 1.165) is 0 Å². The molecule has 1 aromatic carbocycles. The molecule has 0 amide bonds. The van der Waals surface area contributed by atoms with E-state index < -0.39 is 5.82 Å². The Balaban J connectivity index is 3.44. The van der Waals surface area contributed by atoms with E-state index in [1.807, 2.05) is 6.07 Å². The third-order valence-electron chi connectivity index (χ3n) is 1.66. The molecule has 0 saturated heterocycles. The van der Waals surface area contributed by atoms with Gasteiger partial charge in [0.1, 0.15) is 11.9 Å². The summed E-state index contributed by atoms with van der Waals surface area (Å²) in [4.78, 5) is 0. The Hall–Kier alpha value is -1.36. The maximum absolute atomic E-state index is 13.0. The normalized spacial score (nSPS) is 9.27. The van der Waals surface area contributed by atoms with E-state index in [0.29, 0.717) is 11.1 Å². The summed E-state index contributed by atoms with van der Waals surface area (Å²) >= 11 is 0. The molecule has 0 heterocycles. The molecule has 0 radical (unpaired) electrons. The highest BCUT2D eigenvalue weighted by atomic mass is 19.1. The van der Waals surface area contributed by atoms with E-state index in [9.17, 15) is 4.39 Å². The van der Waals surface area contributed by atoms with Crippen LogP contribution in [-0.4, -0.2) is 0 Å². The molecule has 0 aliphatic heterocycles. The number of hydrogen-bond donors (Lipinski definition) is 0. The third-order valence-corrected chi connectivity index (χ3v) is 1.66. The zero-order chi connectivity index (χ0) is 8.43. The molecule has 0 aliphatic rings. The van der Waals surface area contributed by atoms with E-state index >= 15 is 0 Å². The molecule has 0 aromatic heterocycles. The monoisotopic (exact) mass is 149 g/mol. The first-order chi connectivity index (χ1) is 5.16. The number of aryl methyl sites for hydroxylation is 2. The summed E-state index contributed by atoms with van der Waals surface area (Å²) in [7, 11) is 0. The SMILES string of the molecule is Cc1ccc(C)c(C#N)c1F. The van der Waals surface area contributed by atoms with Crippen molar-refractivity contribution >= 4 is 0 Å². The number of hydrogen-bond acceptors (Lipinski definition) is 1. The van der Waals surface area contributed by atoms with Crippen molar-refractivity contribution < 1.29 is 4.39 Å². The first kappa shape index (κ1) is 7.74. The van der Waals surface area contributed by atoms with Gasteiger partial charge in [0, 0.05) is 0 Å². The lowest BCUT2D eigenvalue weighted by atomic mass is 10.1. The molecule has 56 valence electrons. The molecule has 0 aliphatic carbocycles. The average Bonchev–Trinajstić information content (AvgIpc) is 1.99. The van der Waals surface area contributed by atoms with Crippen LogP contribution in [0.4, 0.5) is 4.39 Å². The zero-order valence-electron chi connectivity index (χ0n) is 6.48. The Morgan fingerprint density at radius 1 is 1.27 bits per heavy atom. The first-order valence-electron chi connectivity index (χ1n) is 3.32. The van der Waals surface area contributed by atoms with Crippen LogP contribution in [0.15, 0.2) is 12.1 Å². The van der Waals surface area contributed by atoms with Gasteiger partial charge in [0.25, 0.3) is 0 Å². The molecule has 0 N–H and O–H groups in total. The van der Waals surface area contributed by atoms with E-state index in [1.165, 1.54) is 0 Å². The molecule has 1 aromatic rings. The standard InChI is InChI=1S/C9H8FN/c1-6-3-4-7(2)9(10)8(6)5-11/h3-4H,1-2H3. The van der Waals surface area contributed by atoms with Crippen molar-refractivity contribution in [3.8, 4) is 6.07 Å². The molecule has 0 spiro atoms. The van der Waals surface area contributed by atoms with Crippen molar-refractivity contribution in [1.29, 1.82) is 5.26 Å². The Kier molecular flexibility index (Phi) is 1.91. The van der Waals surface area contributed by atoms with Gasteiger partial charge >= 0.3 is 0 Å². The van der Waals surface area contributed by atoms with Gasteiger partial charge in [-0.3, -0.25) is 0 Å². The highest BCUT2D eigenvalue weighted by Crippen LogP contribution is 2.14. The minimum absolute atomic E-state index is 0.157. The summed E-state index contributed by atoms with van der Waals surface area (Å²) < 4.78 is 13.0. The van der Waals surface area contributed by atoms with Crippen LogP contribution in [0.3, 0.4) is 0 Å². The largest absolute Gasteiger partial charge is 0.205 e. The summed E-state index contributed by atoms with van der Waals surface area (Å²) in [5.41, 5.74) is 1.37. The van der Waals surface area contributed by atoms with Crippen LogP contribution in [0.5, 0.6) is 0 Å². The minimum atomic E-state index is -0.396. The van der Waals surface area contributed by atoms with Crippen LogP contribution in [0.1, 0.15) is 16.7 Å². The number of nitrogens with zero attached hydrogens (tertiary/aromatic N) is 1. The first-order valence-corrected chi connectivity index (χ1v) is 3.32. The van der Waals surface area contributed by atoms with Gasteiger partial charge in [-0.2, -0.15) is 5.26 Å². The number of halogens is 1. The fourth-order valence-electron chi connectivity index (χ4n) is 0.914. The summed E-state index contributed by atoms with van der Waals surface area (Å²) in [5, 5.41) is 8.53. The van der Waals surface area contributed by atoms with Gasteiger partial charge in [-0.25, -0.2) is 4.39 Å². The van der Waals surface area contributed by atoms with E-state index in [2.05, 4.69) is 0 Å². The second kappa shape index (κ2) is 2.71. The number of nitriles is 1. The lowest BCUT2D eigenvalue weighted by molar-refractivity contribution is 0.613. The molecule has 0 bridgehead atoms. The number of benzene rings is 1. The van der Waals surface area contributed by atoms with Gasteiger partial charge in [-0.1, -0.05) is 12.1 Å². The quantitative estimate of drug-likeness (QED) is 0.555. The highest BCUT2D eigenvalue weighted by Gasteiger charge is 2.06. The molecule has 0 atom stereocenters. The molecule has 1 nitrogen and oxygen atoms in total. The number of rotatable bonds is 0. The van der Waals surface area contributed by atoms with Gasteiger partial charge in [-0.05, 0) is 25.0 Å². The lowest BCUT2D eigenvalue weighted by Crippen LogP contribution is -1.91. The summed E-state index contributed by atoms with van der Waals surface area (Å²) in [6.07, 6.45) is 0. The second-order valence-electron chi connectivity index (χ2n) is 2.50. The van der Waals surface area contributed by atoms with E-state index in [4.69, 9.17) is 5.26 Å². The van der Waals surface area contributed by atoms with Crippen LogP contribution in [0.25, 0.3) is 0 Å². The minimum Gasteiger partial charge on any atom is -0.205 e. The van der Waals surface area contributed by atoms with Crippen LogP contribution in [-0.2, 0) is 0 Å². The zero-order valence-corrected chi connectivity index (χ0v) is 6.48. The van der Waals surface area contributed by atoms with Crippen molar-refractivity contribution in [2.45, 2.75) is 13.8 Å². The maximum Gasteiger partial charge on any atom is 0.144 e. The van der Waals surface area contributed by atoms with Crippen LogP contribution >= 0.6 is 0 Å². The fraction of sp³-hybridized carbons (Fsp3) is 0.222. The third kappa shape index (κ3) is 1.22. The molecular weight excluding hydrogens is 141 g/mol. The van der Waals surface area contributed by atoms with Gasteiger partial charge in [0.15, 0.2) is 0 Å². The van der Waals surface area contributed by atoms with Crippen molar-refractivity contribution in [3.05, 3.63) is 34.6 Å². The van der Waals surface area contributed by atoms with Gasteiger partial charge in [0.2, 0.25) is 0 Å². The molecule has 0 saturated carbocycles. The van der Waals surface area contributed by atoms with E-state index in [-0.39, 0.29) is 5.56 Å². The molecule has 2 heteroatoms. The average molecular weight is 149 g/mol. The molecule has 1 rings (SSSR count). The van der Waals surface area contributed by atoms with Crippen LogP contribution < -0.4 is 0 Å². The molecule has 11 heavy (non-hydrogen) atoms. The summed E-state index contributed by atoms with van der Waals surface area (Å²) in [6, 6.07) is 5.25. The van der Waals surface area contributed by atoms with Crippen molar-refractivity contribution in [2.75, 3.05) is 0 Å². The molecular formula is C9H8FN. The van der Waals surface area contributed by atoms with Gasteiger partial charge in [-0.15, -0.1) is 0 Å². The van der Waals surface area contributed by atoms with Crippen molar-refractivity contribution in [1.82, 2.24) is 0 Å². The maximum atomic E-state index is 13.0. The Morgan fingerprint density at radius 2 is 1.82 bits per heavy atom. The lowest BCUT2D eigenvalue weighted by Gasteiger charge is -2.00. The van der Waals surface area contributed by atoms with Crippen molar-refractivity contribution in [2.24, 2.45) is 0 Å². The van der Waals surface area contributed by atoms with Crippen LogP contribution in [0, 0.1) is 31.0 Å². The summed E-state index contributed by atoms with van der Waals surface area (Å²) in [6.45, 7) is 3.37.